The molecule has 1 aliphatic rings. The molecule has 6 heteroatoms. The van der Waals surface area contributed by atoms with Gasteiger partial charge in [0.15, 0.2) is 5.96 Å². The van der Waals surface area contributed by atoms with Crippen LogP contribution in [0.25, 0.3) is 0 Å². The Morgan fingerprint density at radius 1 is 1.31 bits per heavy atom. The summed E-state index contributed by atoms with van der Waals surface area (Å²) < 4.78 is 5.43. The van der Waals surface area contributed by atoms with Gasteiger partial charge in [0, 0.05) is 19.5 Å². The Balaban J connectivity index is 0.00000338. The van der Waals surface area contributed by atoms with E-state index in [0.717, 1.165) is 38.8 Å². The number of benzene rings is 1. The highest BCUT2D eigenvalue weighted by Gasteiger charge is 2.20. The van der Waals surface area contributed by atoms with Crippen molar-refractivity contribution in [1.82, 2.24) is 4.90 Å². The molecule has 5 nitrogen and oxygen atoms in total. The van der Waals surface area contributed by atoms with Gasteiger partial charge in [0.1, 0.15) is 5.75 Å². The highest BCUT2D eigenvalue weighted by Crippen LogP contribution is 2.25. The van der Waals surface area contributed by atoms with Crippen molar-refractivity contribution in [3.63, 3.8) is 0 Å². The number of halogens is 1. The van der Waals surface area contributed by atoms with Crippen LogP contribution in [0.2, 0.25) is 0 Å². The van der Waals surface area contributed by atoms with Gasteiger partial charge in [0.25, 0.3) is 0 Å². The molecule has 26 heavy (non-hydrogen) atoms. The number of carbonyl (C=O) groups excluding carboxylic acids is 1. The van der Waals surface area contributed by atoms with Gasteiger partial charge in [-0.25, -0.2) is 0 Å². The number of esters is 1. The lowest BCUT2D eigenvalue weighted by molar-refractivity contribution is -0.134. The molecule has 0 saturated carbocycles. The van der Waals surface area contributed by atoms with E-state index >= 15 is 0 Å². The molecule has 1 atom stereocenters. The van der Waals surface area contributed by atoms with Gasteiger partial charge in [-0.05, 0) is 54.7 Å². The minimum absolute atomic E-state index is 0. The summed E-state index contributed by atoms with van der Waals surface area (Å²) in [6, 6.07) is 7.76. The molecule has 2 rings (SSSR count). The predicted molar refractivity (Wildman–Crippen MR) is 108 cm³/mol. The average Bonchev–Trinajstić information content (AvgIpc) is 2.54. The molecule has 1 aromatic rings. The van der Waals surface area contributed by atoms with Gasteiger partial charge >= 0.3 is 5.97 Å². The molecule has 1 aliphatic heterocycles. The van der Waals surface area contributed by atoms with Gasteiger partial charge in [-0.3, -0.25) is 10.2 Å². The number of piperidine rings is 1. The summed E-state index contributed by atoms with van der Waals surface area (Å²) in [4.78, 5) is 13.9. The first-order valence-electron chi connectivity index (χ1n) is 9.16. The van der Waals surface area contributed by atoms with Crippen LogP contribution in [0.5, 0.6) is 5.75 Å². The van der Waals surface area contributed by atoms with Crippen LogP contribution in [0.4, 0.5) is 0 Å². The number of nitrogens with two attached hydrogens (primary N) is 1. The molecule has 0 bridgehead atoms. The summed E-state index contributed by atoms with van der Waals surface area (Å²) in [7, 11) is 0. The predicted octanol–water partition coefficient (Wildman–Crippen LogP) is 4.09. The minimum atomic E-state index is -0.178. The van der Waals surface area contributed by atoms with E-state index in [9.17, 15) is 4.79 Å². The normalized spacial score (nSPS) is 17.3. The molecule has 0 aliphatic carbocycles. The van der Waals surface area contributed by atoms with E-state index in [0.29, 0.717) is 18.1 Å². The number of nitrogens with zero attached hydrogens (tertiary/aromatic N) is 1. The molecule has 1 aromatic carbocycles. The van der Waals surface area contributed by atoms with E-state index in [1.54, 1.807) is 0 Å². The Morgan fingerprint density at radius 3 is 2.54 bits per heavy atom. The smallest absolute Gasteiger partial charge is 0.311 e. The number of guanidine groups is 1. The van der Waals surface area contributed by atoms with E-state index < -0.39 is 0 Å². The van der Waals surface area contributed by atoms with E-state index in [1.807, 2.05) is 29.2 Å². The molecule has 1 heterocycles. The number of hydrogen-bond donors (Lipinski definition) is 2. The van der Waals surface area contributed by atoms with Crippen LogP contribution < -0.4 is 10.5 Å². The van der Waals surface area contributed by atoms with Crippen LogP contribution in [-0.2, 0) is 10.2 Å². The lowest BCUT2D eigenvalue weighted by atomic mass is 9.87. The first kappa shape index (κ1) is 22.3. The summed E-state index contributed by atoms with van der Waals surface area (Å²) in [6.45, 7) is 8.18. The van der Waals surface area contributed by atoms with Crippen molar-refractivity contribution in [1.29, 1.82) is 5.41 Å². The van der Waals surface area contributed by atoms with Crippen LogP contribution in [0.15, 0.2) is 24.3 Å². The average molecular weight is 382 g/mol. The fourth-order valence-electron chi connectivity index (χ4n) is 3.26. The Morgan fingerprint density at radius 2 is 1.96 bits per heavy atom. The fourth-order valence-corrected chi connectivity index (χ4v) is 3.26. The quantitative estimate of drug-likeness (QED) is 0.348. The maximum absolute atomic E-state index is 12.0. The Bertz CT molecular complexity index is 596. The molecule has 0 spiro atoms. The van der Waals surface area contributed by atoms with E-state index in [1.165, 1.54) is 5.56 Å². The van der Waals surface area contributed by atoms with Gasteiger partial charge in [-0.2, -0.15) is 0 Å². The summed E-state index contributed by atoms with van der Waals surface area (Å²) in [5, 5.41) is 7.53. The van der Waals surface area contributed by atoms with Gasteiger partial charge in [-0.15, -0.1) is 12.4 Å². The fraction of sp³-hybridized carbons (Fsp3) is 0.600. The molecule has 1 unspecified atom stereocenters. The van der Waals surface area contributed by atoms with Crippen molar-refractivity contribution in [2.24, 2.45) is 11.7 Å². The molecule has 1 saturated heterocycles. The van der Waals surface area contributed by atoms with E-state index in [-0.39, 0.29) is 29.8 Å². The number of carbonyl (C=O) groups is 1. The second-order valence-corrected chi connectivity index (χ2v) is 7.98. The maximum Gasteiger partial charge on any atom is 0.311 e. The molecule has 0 amide bonds. The van der Waals surface area contributed by atoms with Crippen LogP contribution in [-0.4, -0.2) is 29.9 Å². The second-order valence-electron chi connectivity index (χ2n) is 7.98. The van der Waals surface area contributed by atoms with Gasteiger partial charge in [0.05, 0.1) is 0 Å². The highest BCUT2D eigenvalue weighted by atomic mass is 35.5. The van der Waals surface area contributed by atoms with Crippen molar-refractivity contribution < 1.29 is 9.53 Å². The summed E-state index contributed by atoms with van der Waals surface area (Å²) >= 11 is 0. The summed E-state index contributed by atoms with van der Waals surface area (Å²) in [5.41, 5.74) is 6.88. The third-order valence-electron chi connectivity index (χ3n) is 4.80. The molecular weight excluding hydrogens is 350 g/mol. The van der Waals surface area contributed by atoms with Crippen molar-refractivity contribution in [2.45, 2.75) is 58.3 Å². The summed E-state index contributed by atoms with van der Waals surface area (Å²) in [6.07, 6.45) is 4.43. The van der Waals surface area contributed by atoms with E-state index in [2.05, 4.69) is 20.8 Å². The van der Waals surface area contributed by atoms with Gasteiger partial charge in [0.2, 0.25) is 0 Å². The van der Waals surface area contributed by atoms with Crippen LogP contribution in [0, 0.1) is 11.3 Å². The SMILES string of the molecule is CC(C)(C)c1ccc(OC(=O)CCCC2CCCN(C(=N)N)C2)cc1.Cl. The minimum Gasteiger partial charge on any atom is -0.427 e. The zero-order valence-electron chi connectivity index (χ0n) is 16.1. The van der Waals surface area contributed by atoms with Crippen molar-refractivity contribution >= 4 is 24.3 Å². The zero-order chi connectivity index (χ0) is 18.4. The van der Waals surface area contributed by atoms with Crippen LogP contribution >= 0.6 is 12.4 Å². The molecule has 0 radical (unpaired) electrons. The highest BCUT2D eigenvalue weighted by molar-refractivity contribution is 5.85. The largest absolute Gasteiger partial charge is 0.427 e. The van der Waals surface area contributed by atoms with E-state index in [4.69, 9.17) is 15.9 Å². The second kappa shape index (κ2) is 9.81. The first-order valence-corrected chi connectivity index (χ1v) is 9.16. The Kier molecular flexibility index (Phi) is 8.41. The van der Waals surface area contributed by atoms with Crippen LogP contribution in [0.1, 0.15) is 58.4 Å². The monoisotopic (exact) mass is 381 g/mol. The number of hydrogen-bond acceptors (Lipinski definition) is 3. The molecule has 0 aromatic heterocycles. The molecule has 3 N–H and O–H groups in total. The number of rotatable bonds is 5. The third kappa shape index (κ3) is 6.87. The topological polar surface area (TPSA) is 79.4 Å². The molecule has 146 valence electrons. The Hall–Kier alpha value is -1.75. The number of ether oxygens (including phenoxy) is 1. The maximum atomic E-state index is 12.0. The standard InChI is InChI=1S/C20H31N3O2.ClH/c1-20(2,3)16-9-11-17(12-10-16)25-18(24)8-4-6-15-7-5-13-23(14-15)19(21)22;/h9-12,15H,4-8,13-14H2,1-3H3,(H3,21,22);1H. The van der Waals surface area contributed by atoms with Crippen molar-refractivity contribution in [3.05, 3.63) is 29.8 Å². The first-order chi connectivity index (χ1) is 11.8. The van der Waals surface area contributed by atoms with Crippen molar-refractivity contribution in [3.8, 4) is 5.75 Å². The third-order valence-corrected chi connectivity index (χ3v) is 4.80. The van der Waals surface area contributed by atoms with Crippen LogP contribution in [0.3, 0.4) is 0 Å². The van der Waals surface area contributed by atoms with Crippen molar-refractivity contribution in [2.75, 3.05) is 13.1 Å². The zero-order valence-corrected chi connectivity index (χ0v) is 16.9. The molecular formula is C20H32ClN3O2. The molecule has 1 fully saturated rings. The lowest BCUT2D eigenvalue weighted by Gasteiger charge is -2.32. The Labute approximate surface area is 163 Å². The van der Waals surface area contributed by atoms with Gasteiger partial charge in [-0.1, -0.05) is 32.9 Å². The number of nitrogens with one attached hydrogen (secondary N) is 1. The number of likely N-dealkylation sites (tertiary alicyclic amines) is 1. The van der Waals surface area contributed by atoms with Gasteiger partial charge < -0.3 is 15.4 Å². The summed E-state index contributed by atoms with van der Waals surface area (Å²) in [5.74, 6) is 1.10. The lowest BCUT2D eigenvalue weighted by Crippen LogP contribution is -2.43.